The molecule has 0 amide bonds. The van der Waals surface area contributed by atoms with Crippen LogP contribution in [-0.4, -0.2) is 37.2 Å². The Balaban J connectivity index is 2.28. The summed E-state index contributed by atoms with van der Waals surface area (Å²) in [4.78, 5) is 37.6. The van der Waals surface area contributed by atoms with Crippen LogP contribution < -0.4 is 0 Å². The second-order valence-electron chi connectivity index (χ2n) is 14.8. The van der Waals surface area contributed by atoms with Gasteiger partial charge in [0.25, 0.3) is 0 Å². The van der Waals surface area contributed by atoms with Gasteiger partial charge < -0.3 is 14.2 Å². The van der Waals surface area contributed by atoms with Crippen LogP contribution in [0, 0.1) is 0 Å². The summed E-state index contributed by atoms with van der Waals surface area (Å²) < 4.78 is 16.5. The zero-order valence-electron chi connectivity index (χ0n) is 34.6. The molecule has 1 atom stereocenters. The van der Waals surface area contributed by atoms with Crippen LogP contribution in [0.3, 0.4) is 0 Å². The fourth-order valence-corrected chi connectivity index (χ4v) is 6.25. The molecule has 1 unspecified atom stereocenters. The van der Waals surface area contributed by atoms with Crippen LogP contribution in [0.15, 0.2) is 60.7 Å². The van der Waals surface area contributed by atoms with Gasteiger partial charge in [0, 0.05) is 18.9 Å². The second-order valence-corrected chi connectivity index (χ2v) is 14.8. The molecule has 0 heterocycles. The largest absolute Gasteiger partial charge is 0.462 e. The van der Waals surface area contributed by atoms with Gasteiger partial charge in [0.05, 0.1) is 0 Å². The van der Waals surface area contributed by atoms with Gasteiger partial charge in [0.15, 0.2) is 6.10 Å². The molecular weight excluding hydrogens is 673 g/mol. The topological polar surface area (TPSA) is 78.9 Å². The molecule has 0 aliphatic heterocycles. The lowest BCUT2D eigenvalue weighted by molar-refractivity contribution is -0.165. The van der Waals surface area contributed by atoms with Crippen molar-refractivity contribution in [2.75, 3.05) is 13.2 Å². The first-order valence-corrected chi connectivity index (χ1v) is 22.1. The van der Waals surface area contributed by atoms with Crippen molar-refractivity contribution in [2.24, 2.45) is 0 Å². The number of hydrogen-bond donors (Lipinski definition) is 0. The molecule has 0 fully saturated rings. The SMILES string of the molecule is CCCCCCCC/C=C\CCCCCCCC(=O)OCC(COC(=O)/C=C/c1ccccc1)OC(=O)CCCCCCC/C=C\CCCCCCCC. The highest BCUT2D eigenvalue weighted by atomic mass is 16.6. The van der Waals surface area contributed by atoms with E-state index in [2.05, 4.69) is 38.2 Å². The van der Waals surface area contributed by atoms with Gasteiger partial charge in [0.1, 0.15) is 13.2 Å². The number of carbonyl (C=O) groups excluding carboxylic acids is 3. The molecule has 6 heteroatoms. The van der Waals surface area contributed by atoms with Gasteiger partial charge >= 0.3 is 17.9 Å². The summed E-state index contributed by atoms with van der Waals surface area (Å²) in [5.74, 6) is -1.22. The van der Waals surface area contributed by atoms with Crippen molar-refractivity contribution in [2.45, 2.75) is 200 Å². The third-order valence-electron chi connectivity index (χ3n) is 9.64. The number of allylic oxidation sites excluding steroid dienone is 4. The lowest BCUT2D eigenvalue weighted by Gasteiger charge is -2.18. The molecule has 0 bridgehead atoms. The highest BCUT2D eigenvalue weighted by molar-refractivity contribution is 5.87. The van der Waals surface area contributed by atoms with Crippen LogP contribution in [0.2, 0.25) is 0 Å². The summed E-state index contributed by atoms with van der Waals surface area (Å²) >= 11 is 0. The van der Waals surface area contributed by atoms with Crippen LogP contribution in [0.5, 0.6) is 0 Å². The fourth-order valence-electron chi connectivity index (χ4n) is 6.25. The highest BCUT2D eigenvalue weighted by Gasteiger charge is 2.19. The minimum Gasteiger partial charge on any atom is -0.462 e. The average molecular weight is 751 g/mol. The third kappa shape index (κ3) is 33.4. The number of esters is 3. The summed E-state index contributed by atoms with van der Waals surface area (Å²) in [7, 11) is 0. The Bertz CT molecular complexity index is 1110. The van der Waals surface area contributed by atoms with Gasteiger partial charge in [-0.05, 0) is 75.8 Å². The Kier molecular flexibility index (Phi) is 34.5. The van der Waals surface area contributed by atoms with Crippen LogP contribution in [0.25, 0.3) is 6.08 Å². The Hall–Kier alpha value is -3.15. The van der Waals surface area contributed by atoms with Gasteiger partial charge in [-0.2, -0.15) is 0 Å². The Morgan fingerprint density at radius 2 is 0.907 bits per heavy atom. The lowest BCUT2D eigenvalue weighted by atomic mass is 10.1. The second kappa shape index (κ2) is 38.1. The Morgan fingerprint density at radius 3 is 1.39 bits per heavy atom. The molecule has 1 aromatic carbocycles. The van der Waals surface area contributed by atoms with Crippen molar-refractivity contribution in [3.63, 3.8) is 0 Å². The first kappa shape index (κ1) is 48.9. The van der Waals surface area contributed by atoms with Crippen molar-refractivity contribution in [1.29, 1.82) is 0 Å². The van der Waals surface area contributed by atoms with E-state index >= 15 is 0 Å². The van der Waals surface area contributed by atoms with E-state index in [9.17, 15) is 14.4 Å². The van der Waals surface area contributed by atoms with Crippen LogP contribution in [0.4, 0.5) is 0 Å². The molecule has 0 saturated heterocycles. The molecule has 0 aliphatic carbocycles. The number of ether oxygens (including phenoxy) is 3. The first-order valence-electron chi connectivity index (χ1n) is 22.1. The zero-order chi connectivity index (χ0) is 39.0. The minimum absolute atomic E-state index is 0.127. The van der Waals surface area contributed by atoms with E-state index < -0.39 is 12.1 Å². The van der Waals surface area contributed by atoms with Gasteiger partial charge in [-0.25, -0.2) is 4.79 Å². The molecule has 0 aromatic heterocycles. The summed E-state index contributed by atoms with van der Waals surface area (Å²) in [6.07, 6.45) is 43.1. The standard InChI is InChI=1S/C48H78O6/c1-3-5-7-9-11-13-15-17-19-21-23-25-27-29-34-38-46(49)52-42-45(43-53-47(50)41-40-44-36-32-31-33-37-44)54-48(51)39-35-30-28-26-24-22-20-18-16-14-12-10-8-6-4-2/h17-20,31-33,36-37,40-41,45H,3-16,21-30,34-35,38-39,42-43H2,1-2H3/b19-17-,20-18-,41-40+. The van der Waals surface area contributed by atoms with Gasteiger partial charge in [0.2, 0.25) is 0 Å². The smallest absolute Gasteiger partial charge is 0.330 e. The molecule has 0 N–H and O–H groups in total. The summed E-state index contributed by atoms with van der Waals surface area (Å²) in [5.41, 5.74) is 0.877. The normalized spacial score (nSPS) is 12.2. The van der Waals surface area contributed by atoms with Crippen molar-refractivity contribution >= 4 is 24.0 Å². The van der Waals surface area contributed by atoms with Crippen molar-refractivity contribution in [3.8, 4) is 0 Å². The van der Waals surface area contributed by atoms with Gasteiger partial charge in [-0.3, -0.25) is 9.59 Å². The van der Waals surface area contributed by atoms with Crippen molar-refractivity contribution in [3.05, 3.63) is 66.3 Å². The van der Waals surface area contributed by atoms with E-state index in [0.717, 1.165) is 69.8 Å². The number of benzene rings is 1. The quantitative estimate of drug-likeness (QED) is 0.0221. The van der Waals surface area contributed by atoms with Crippen molar-refractivity contribution in [1.82, 2.24) is 0 Å². The molecule has 0 radical (unpaired) electrons. The average Bonchev–Trinajstić information content (AvgIpc) is 3.18. The molecule has 54 heavy (non-hydrogen) atoms. The summed E-state index contributed by atoms with van der Waals surface area (Å²) in [5, 5.41) is 0. The molecule has 306 valence electrons. The molecule has 1 rings (SSSR count). The van der Waals surface area contributed by atoms with E-state index in [1.807, 2.05) is 30.3 Å². The minimum atomic E-state index is -0.840. The maximum absolute atomic E-state index is 12.7. The highest BCUT2D eigenvalue weighted by Crippen LogP contribution is 2.13. The third-order valence-corrected chi connectivity index (χ3v) is 9.64. The summed E-state index contributed by atoms with van der Waals surface area (Å²) in [6, 6.07) is 9.46. The molecule has 1 aromatic rings. The van der Waals surface area contributed by atoms with Crippen LogP contribution in [-0.2, 0) is 28.6 Å². The van der Waals surface area contributed by atoms with E-state index in [-0.39, 0.29) is 25.2 Å². The Morgan fingerprint density at radius 1 is 0.500 bits per heavy atom. The maximum Gasteiger partial charge on any atom is 0.330 e. The Labute approximate surface area is 331 Å². The van der Waals surface area contributed by atoms with Crippen molar-refractivity contribution < 1.29 is 28.6 Å². The predicted octanol–water partition coefficient (Wildman–Crippen LogP) is 13.8. The van der Waals surface area contributed by atoms with E-state index in [4.69, 9.17) is 14.2 Å². The maximum atomic E-state index is 12.7. The molecule has 6 nitrogen and oxygen atoms in total. The molecule has 0 saturated carbocycles. The summed E-state index contributed by atoms with van der Waals surface area (Å²) in [6.45, 7) is 4.21. The fraction of sp³-hybridized carbons (Fsp3) is 0.688. The predicted molar refractivity (Wildman–Crippen MR) is 226 cm³/mol. The van der Waals surface area contributed by atoms with Crippen LogP contribution >= 0.6 is 0 Å². The van der Waals surface area contributed by atoms with E-state index in [0.29, 0.717) is 12.8 Å². The molecular formula is C48H78O6. The number of carbonyl (C=O) groups is 3. The lowest BCUT2D eigenvalue weighted by Crippen LogP contribution is -2.30. The van der Waals surface area contributed by atoms with Crippen LogP contribution in [0.1, 0.15) is 199 Å². The number of hydrogen-bond acceptors (Lipinski definition) is 6. The zero-order valence-corrected chi connectivity index (χ0v) is 34.6. The number of unbranched alkanes of at least 4 members (excludes halogenated alkanes) is 22. The first-order chi connectivity index (χ1) is 26.5. The van der Waals surface area contributed by atoms with E-state index in [1.165, 1.54) is 109 Å². The van der Waals surface area contributed by atoms with Gasteiger partial charge in [-0.1, -0.05) is 171 Å². The molecule has 0 spiro atoms. The van der Waals surface area contributed by atoms with E-state index in [1.54, 1.807) is 6.08 Å². The molecule has 0 aliphatic rings. The number of rotatable bonds is 37. The van der Waals surface area contributed by atoms with Gasteiger partial charge in [-0.15, -0.1) is 0 Å². The monoisotopic (exact) mass is 751 g/mol.